The number of aliphatic hydroxyl groups is 5. The molecule has 6 atom stereocenters. The fourth-order valence-electron chi connectivity index (χ4n) is 8.36. The lowest BCUT2D eigenvalue weighted by atomic mass is 9.75. The average Bonchev–Trinajstić information content (AvgIpc) is 3.56. The van der Waals surface area contributed by atoms with Crippen LogP contribution in [0.25, 0.3) is 0 Å². The number of hydrogen-bond acceptors (Lipinski definition) is 16. The molecule has 2 amide bonds. The van der Waals surface area contributed by atoms with E-state index in [0.29, 0.717) is 36.0 Å². The zero-order valence-corrected chi connectivity index (χ0v) is 34.0. The summed E-state index contributed by atoms with van der Waals surface area (Å²) in [5, 5.41) is 73.1. The summed E-state index contributed by atoms with van der Waals surface area (Å²) in [6.45, 7) is 0.696. The minimum absolute atomic E-state index is 0.0531. The number of ether oxygens (including phenoxy) is 3. The molecule has 328 valence electrons. The lowest BCUT2D eigenvalue weighted by Gasteiger charge is -2.49. The van der Waals surface area contributed by atoms with E-state index in [0.717, 1.165) is 17.1 Å². The number of fused-ring (bicyclic) bond motifs is 2. The fraction of sp³-hybridized carbons (Fsp3) is 0.452. The van der Waals surface area contributed by atoms with Crippen molar-refractivity contribution in [2.45, 2.75) is 75.8 Å². The van der Waals surface area contributed by atoms with Crippen LogP contribution in [0.15, 0.2) is 52.8 Å². The molecule has 19 heteroatoms. The SMILES string of the molecule is CCc1c(OC)cc(OC2OC(CO)C(O)(CC(CN3C(=O)C=CC3=O)C3=CCNC(N)=C3)C(O)C2O)c2c1C(=O)c1cc(CCCCO)c(CNC(N)=NC)c(O)c1C2=O. The number of allylic oxidation sites excluding steroid dienone is 1. The largest absolute Gasteiger partial charge is 0.507 e. The summed E-state index contributed by atoms with van der Waals surface area (Å²) < 4.78 is 17.8. The number of aliphatic imine (C=N–C) groups is 1. The number of ketones is 2. The molecule has 19 nitrogen and oxygen atoms in total. The number of imide groups is 1. The molecule has 0 bridgehead atoms. The molecule has 61 heavy (non-hydrogen) atoms. The molecule has 6 unspecified atom stereocenters. The maximum atomic E-state index is 14.7. The number of unbranched alkanes of at least 4 members (excludes halogenated alkanes) is 1. The van der Waals surface area contributed by atoms with Gasteiger partial charge in [0.15, 0.2) is 11.7 Å². The molecule has 0 aromatic heterocycles. The monoisotopic (exact) mass is 848 g/mol. The molecule has 2 aromatic rings. The van der Waals surface area contributed by atoms with Gasteiger partial charge in [-0.25, -0.2) is 0 Å². The van der Waals surface area contributed by atoms with E-state index < -0.39 is 78.3 Å². The Bertz CT molecular complexity index is 2200. The van der Waals surface area contributed by atoms with Crippen LogP contribution in [0.2, 0.25) is 0 Å². The summed E-state index contributed by atoms with van der Waals surface area (Å²) in [4.78, 5) is 59.3. The molecule has 0 radical (unpaired) electrons. The van der Waals surface area contributed by atoms with Crippen LogP contribution < -0.4 is 31.6 Å². The third-order valence-corrected chi connectivity index (χ3v) is 11.6. The molecular weight excluding hydrogens is 796 g/mol. The van der Waals surface area contributed by atoms with E-state index in [1.54, 1.807) is 19.1 Å². The van der Waals surface area contributed by atoms with Gasteiger partial charge < -0.3 is 67.0 Å². The quantitative estimate of drug-likeness (QED) is 0.0354. The first-order valence-corrected chi connectivity index (χ1v) is 19.9. The molecule has 12 N–H and O–H groups in total. The molecule has 0 saturated carbocycles. The number of phenolic OH excluding ortho intramolecular Hbond substituents is 1. The summed E-state index contributed by atoms with van der Waals surface area (Å²) in [5.41, 5.74) is 10.3. The fourth-order valence-corrected chi connectivity index (χ4v) is 8.36. The number of rotatable bonds is 16. The molecular formula is C42H52N6O13. The number of phenols is 1. The first kappa shape index (κ1) is 44.7. The Hall–Kier alpha value is -5.83. The predicted molar refractivity (Wildman–Crippen MR) is 217 cm³/mol. The maximum absolute atomic E-state index is 14.7. The van der Waals surface area contributed by atoms with Crippen LogP contribution in [-0.2, 0) is 33.7 Å². The summed E-state index contributed by atoms with van der Waals surface area (Å²) in [6.07, 6.45) is -1.23. The van der Waals surface area contributed by atoms with Gasteiger partial charge in [-0.2, -0.15) is 0 Å². The number of nitrogens with zero attached hydrogens (tertiary/aromatic N) is 2. The molecule has 2 aromatic carbocycles. The summed E-state index contributed by atoms with van der Waals surface area (Å²) in [5.74, 6) is -3.91. The normalized spacial score (nSPS) is 24.2. The average molecular weight is 849 g/mol. The topological polar surface area (TPSA) is 309 Å². The van der Waals surface area contributed by atoms with Crippen LogP contribution in [0.3, 0.4) is 0 Å². The van der Waals surface area contributed by atoms with Crippen molar-refractivity contribution in [3.05, 3.63) is 86.8 Å². The molecule has 3 heterocycles. The van der Waals surface area contributed by atoms with E-state index >= 15 is 0 Å². The number of dihydropyridines is 1. The standard InChI is InChI=1S/C42H52N6O13/c1-4-23-26(59-3)15-27(34-32(23)35(53)24-13-21(7-5-6-12-49)25(17-47-41(44)45-2)36(54)33(24)37(34)55)60-40-38(56)39(57)42(58,28(19-50)61-40)16-22(20-10-11-46-29(43)14-20)18-48-30(51)8-9-31(48)52/h8-10,13-15,22,28,38-40,46,49-50,54,56-58H,4-7,11-12,16-19,43H2,1-3H3,(H3,44,45,47). The minimum atomic E-state index is -2.43. The molecule has 1 fully saturated rings. The maximum Gasteiger partial charge on any atom is 0.253 e. The van der Waals surface area contributed by atoms with E-state index in [9.17, 15) is 49.8 Å². The van der Waals surface area contributed by atoms with Gasteiger partial charge in [0, 0.05) is 79.7 Å². The van der Waals surface area contributed by atoms with Crippen LogP contribution in [0.4, 0.5) is 0 Å². The lowest BCUT2D eigenvalue weighted by Crippen LogP contribution is -2.68. The number of carbonyl (C=O) groups excluding carboxylic acids is 4. The van der Waals surface area contributed by atoms with Gasteiger partial charge in [0.2, 0.25) is 12.1 Å². The Labute approximate surface area is 351 Å². The number of aliphatic hydroxyl groups excluding tert-OH is 4. The number of amides is 2. The number of methoxy groups -OCH3 is 1. The second kappa shape index (κ2) is 18.4. The van der Waals surface area contributed by atoms with Crippen LogP contribution in [0, 0.1) is 5.92 Å². The summed E-state index contributed by atoms with van der Waals surface area (Å²) in [6, 6.07) is 2.84. The summed E-state index contributed by atoms with van der Waals surface area (Å²) in [7, 11) is 2.81. The lowest BCUT2D eigenvalue weighted by molar-refractivity contribution is -0.316. The number of nitrogens with one attached hydrogen (secondary N) is 2. The van der Waals surface area contributed by atoms with Crippen LogP contribution in [0.1, 0.15) is 74.7 Å². The van der Waals surface area contributed by atoms with E-state index in [-0.39, 0.29) is 83.8 Å². The Balaban J connectivity index is 1.38. The number of aryl methyl sites for hydroxylation is 1. The summed E-state index contributed by atoms with van der Waals surface area (Å²) >= 11 is 0. The highest BCUT2D eigenvalue weighted by molar-refractivity contribution is 6.31. The number of benzene rings is 2. The van der Waals surface area contributed by atoms with Crippen molar-refractivity contribution in [1.82, 2.24) is 15.5 Å². The molecule has 3 aliphatic heterocycles. The van der Waals surface area contributed by atoms with E-state index in [1.807, 2.05) is 0 Å². The van der Waals surface area contributed by atoms with Crippen LogP contribution in [0.5, 0.6) is 17.2 Å². The van der Waals surface area contributed by atoms with Crippen molar-refractivity contribution in [1.29, 1.82) is 0 Å². The number of nitrogens with two attached hydrogens (primary N) is 2. The molecule has 0 spiro atoms. The van der Waals surface area contributed by atoms with E-state index in [1.165, 1.54) is 26.3 Å². The van der Waals surface area contributed by atoms with Gasteiger partial charge in [-0.05, 0) is 55.4 Å². The second-order valence-corrected chi connectivity index (χ2v) is 15.2. The first-order valence-electron chi connectivity index (χ1n) is 19.9. The Morgan fingerprint density at radius 1 is 1.07 bits per heavy atom. The van der Waals surface area contributed by atoms with Crippen molar-refractivity contribution in [2.24, 2.45) is 22.4 Å². The number of hydrogen-bond donors (Lipinski definition) is 10. The molecule has 6 rings (SSSR count). The van der Waals surface area contributed by atoms with Gasteiger partial charge in [-0.1, -0.05) is 13.0 Å². The van der Waals surface area contributed by atoms with Gasteiger partial charge in [-0.3, -0.25) is 29.1 Å². The molecule has 1 saturated heterocycles. The Morgan fingerprint density at radius 3 is 2.41 bits per heavy atom. The predicted octanol–water partition coefficient (Wildman–Crippen LogP) is -1.10. The zero-order chi connectivity index (χ0) is 44.3. The van der Waals surface area contributed by atoms with Crippen molar-refractivity contribution in [2.75, 3.05) is 40.5 Å². The van der Waals surface area contributed by atoms with E-state index in [2.05, 4.69) is 15.6 Å². The van der Waals surface area contributed by atoms with Crippen LogP contribution in [-0.4, -0.2) is 136 Å². The van der Waals surface area contributed by atoms with Gasteiger partial charge in [0.05, 0.1) is 30.7 Å². The number of guanidine groups is 1. The van der Waals surface area contributed by atoms with Crippen molar-refractivity contribution in [3.8, 4) is 17.2 Å². The highest BCUT2D eigenvalue weighted by Gasteiger charge is 2.57. The Kier molecular flexibility index (Phi) is 13.5. The second-order valence-electron chi connectivity index (χ2n) is 15.2. The van der Waals surface area contributed by atoms with E-state index in [4.69, 9.17) is 25.7 Å². The van der Waals surface area contributed by atoms with Gasteiger partial charge in [-0.15, -0.1) is 0 Å². The number of aromatic hydroxyl groups is 1. The molecule has 4 aliphatic rings. The first-order chi connectivity index (χ1) is 29.1. The molecule has 1 aliphatic carbocycles. The highest BCUT2D eigenvalue weighted by atomic mass is 16.7. The van der Waals surface area contributed by atoms with Gasteiger partial charge >= 0.3 is 0 Å². The number of carbonyl (C=O) groups is 4. The van der Waals surface area contributed by atoms with Crippen LogP contribution >= 0.6 is 0 Å². The van der Waals surface area contributed by atoms with Gasteiger partial charge in [0.1, 0.15) is 41.2 Å². The third kappa shape index (κ3) is 8.44. The zero-order valence-electron chi connectivity index (χ0n) is 34.0. The minimum Gasteiger partial charge on any atom is -0.507 e. The van der Waals surface area contributed by atoms with Gasteiger partial charge in [0.25, 0.3) is 11.8 Å². The van der Waals surface area contributed by atoms with Crippen molar-refractivity contribution in [3.63, 3.8) is 0 Å². The van der Waals surface area contributed by atoms with Crippen molar-refractivity contribution >= 4 is 29.3 Å². The van der Waals surface area contributed by atoms with Crippen molar-refractivity contribution < 1.29 is 64.0 Å². The smallest absolute Gasteiger partial charge is 0.253 e. The third-order valence-electron chi connectivity index (χ3n) is 11.6. The highest BCUT2D eigenvalue weighted by Crippen LogP contribution is 2.46. The Morgan fingerprint density at radius 2 is 1.79 bits per heavy atom.